The van der Waals surface area contributed by atoms with Gasteiger partial charge in [0.1, 0.15) is 5.60 Å². The van der Waals surface area contributed by atoms with Crippen LogP contribution in [0.1, 0.15) is 39.5 Å². The van der Waals surface area contributed by atoms with Gasteiger partial charge >= 0.3 is 0 Å². The Labute approximate surface area is 122 Å². The average molecular weight is 364 g/mol. The maximum Gasteiger partial charge on any atom is 0.185 e. The fourth-order valence-corrected chi connectivity index (χ4v) is 3.51. The van der Waals surface area contributed by atoms with Crippen molar-refractivity contribution in [3.63, 3.8) is 0 Å². The van der Waals surface area contributed by atoms with Gasteiger partial charge in [0.2, 0.25) is 0 Å². The van der Waals surface area contributed by atoms with Crippen molar-refractivity contribution in [1.82, 2.24) is 0 Å². The van der Waals surface area contributed by atoms with Gasteiger partial charge in [-0.05, 0) is 43.5 Å². The van der Waals surface area contributed by atoms with E-state index >= 15 is 0 Å². The van der Waals surface area contributed by atoms with E-state index in [0.29, 0.717) is 0 Å². The lowest BCUT2D eigenvalue weighted by Gasteiger charge is -2.35. The van der Waals surface area contributed by atoms with Crippen molar-refractivity contribution in [3.05, 3.63) is 10.2 Å². The predicted octanol–water partition coefficient (Wildman–Crippen LogP) is 5.13. The summed E-state index contributed by atoms with van der Waals surface area (Å²) in [6.07, 6.45) is 6.47. The van der Waals surface area contributed by atoms with Gasteiger partial charge in [0, 0.05) is 6.42 Å². The van der Waals surface area contributed by atoms with Gasteiger partial charge in [0.15, 0.2) is 8.32 Å². The molecule has 0 aliphatic rings. The van der Waals surface area contributed by atoms with E-state index in [9.17, 15) is 0 Å². The van der Waals surface area contributed by atoms with Crippen LogP contribution in [0, 0.1) is 11.8 Å². The van der Waals surface area contributed by atoms with Crippen LogP contribution in [-0.2, 0) is 4.43 Å². The Balaban J connectivity index is 4.98. The van der Waals surface area contributed by atoms with E-state index in [1.54, 1.807) is 0 Å². The number of hydrogen-bond donors (Lipinski definition) is 0. The third-order valence-electron chi connectivity index (χ3n) is 2.33. The second-order valence-electron chi connectivity index (χ2n) is 5.25. The SMILES string of the molecule is CC#CC(CC=CI)(CCCC)O[Si](C)(C)C. The maximum atomic E-state index is 6.38. The van der Waals surface area contributed by atoms with Crippen LogP contribution < -0.4 is 0 Å². The van der Waals surface area contributed by atoms with Gasteiger partial charge in [-0.15, -0.1) is 5.92 Å². The van der Waals surface area contributed by atoms with Crippen LogP contribution in [0.5, 0.6) is 0 Å². The van der Waals surface area contributed by atoms with Crippen molar-refractivity contribution in [2.45, 2.75) is 64.8 Å². The van der Waals surface area contributed by atoms with Crippen molar-refractivity contribution in [2.75, 3.05) is 0 Å². The van der Waals surface area contributed by atoms with Gasteiger partial charge in [-0.25, -0.2) is 0 Å². The van der Waals surface area contributed by atoms with Crippen molar-refractivity contribution in [1.29, 1.82) is 0 Å². The summed E-state index contributed by atoms with van der Waals surface area (Å²) in [5, 5.41) is 0. The highest BCUT2D eigenvalue weighted by molar-refractivity contribution is 14.1. The summed E-state index contributed by atoms with van der Waals surface area (Å²) < 4.78 is 8.44. The lowest BCUT2D eigenvalue weighted by atomic mass is 9.94. The number of hydrogen-bond acceptors (Lipinski definition) is 1. The van der Waals surface area contributed by atoms with Crippen LogP contribution >= 0.6 is 22.6 Å². The zero-order chi connectivity index (χ0) is 13.4. The first-order valence-corrected chi connectivity index (χ1v) is 10.9. The van der Waals surface area contributed by atoms with Crippen LogP contribution in [-0.4, -0.2) is 13.9 Å². The van der Waals surface area contributed by atoms with Gasteiger partial charge in [-0.1, -0.05) is 47.9 Å². The third kappa shape index (κ3) is 8.01. The van der Waals surface area contributed by atoms with Crippen molar-refractivity contribution in [3.8, 4) is 11.8 Å². The predicted molar refractivity (Wildman–Crippen MR) is 87.9 cm³/mol. The van der Waals surface area contributed by atoms with Gasteiger partial charge in [0.05, 0.1) is 0 Å². The zero-order valence-corrected chi connectivity index (χ0v) is 14.9. The standard InChI is InChI=1S/C14H25IOSi/c1-6-8-11-14(10-7-2,12-9-13-15)16-17(3,4)5/h9,13H,6,8,11-12H2,1-5H3. The van der Waals surface area contributed by atoms with E-state index in [2.05, 4.69) is 71.2 Å². The molecule has 0 aromatic carbocycles. The molecule has 0 saturated heterocycles. The van der Waals surface area contributed by atoms with E-state index in [1.165, 1.54) is 12.8 Å². The Hall–Kier alpha value is 0.207. The fourth-order valence-electron chi connectivity index (χ4n) is 1.84. The molecule has 0 aromatic rings. The highest BCUT2D eigenvalue weighted by atomic mass is 127. The van der Waals surface area contributed by atoms with Crippen molar-refractivity contribution >= 4 is 30.9 Å². The summed E-state index contributed by atoms with van der Waals surface area (Å²) >= 11 is 2.26. The normalized spacial score (nSPS) is 15.4. The first kappa shape index (κ1) is 17.2. The largest absolute Gasteiger partial charge is 0.401 e. The molecule has 0 aromatic heterocycles. The Kier molecular flexibility index (Phi) is 8.43. The molecule has 0 heterocycles. The van der Waals surface area contributed by atoms with Gasteiger partial charge in [-0.2, -0.15) is 0 Å². The molecule has 17 heavy (non-hydrogen) atoms. The molecule has 0 fully saturated rings. The molecule has 0 spiro atoms. The summed E-state index contributed by atoms with van der Waals surface area (Å²) in [5.74, 6) is 6.39. The molecule has 0 amide bonds. The van der Waals surface area contributed by atoms with Crippen LogP contribution in [0.15, 0.2) is 10.2 Å². The Morgan fingerprint density at radius 1 is 1.35 bits per heavy atom. The van der Waals surface area contributed by atoms with E-state index in [0.717, 1.165) is 12.8 Å². The minimum absolute atomic E-state index is 0.253. The fraction of sp³-hybridized carbons (Fsp3) is 0.714. The first-order chi connectivity index (χ1) is 7.89. The summed E-state index contributed by atoms with van der Waals surface area (Å²) in [6.45, 7) is 10.8. The van der Waals surface area contributed by atoms with Crippen LogP contribution in [0.2, 0.25) is 19.6 Å². The first-order valence-electron chi connectivity index (χ1n) is 6.28. The molecule has 0 radical (unpaired) electrons. The number of halogens is 1. The van der Waals surface area contributed by atoms with E-state index in [-0.39, 0.29) is 5.60 Å². The molecule has 0 saturated carbocycles. The van der Waals surface area contributed by atoms with Crippen LogP contribution in [0.25, 0.3) is 0 Å². The van der Waals surface area contributed by atoms with Crippen molar-refractivity contribution in [2.24, 2.45) is 0 Å². The summed E-state index contributed by atoms with van der Waals surface area (Å²) in [5.41, 5.74) is -0.253. The molecule has 1 nitrogen and oxygen atoms in total. The van der Waals surface area contributed by atoms with E-state index in [1.807, 2.05) is 6.92 Å². The monoisotopic (exact) mass is 364 g/mol. The number of unbranched alkanes of at least 4 members (excludes halogenated alkanes) is 1. The zero-order valence-electron chi connectivity index (χ0n) is 11.8. The van der Waals surface area contributed by atoms with Gasteiger partial charge in [0.25, 0.3) is 0 Å². The summed E-state index contributed by atoms with van der Waals surface area (Å²) in [6, 6.07) is 0. The minimum Gasteiger partial charge on any atom is -0.401 e. The molecular formula is C14H25IOSi. The smallest absolute Gasteiger partial charge is 0.185 e. The van der Waals surface area contributed by atoms with Gasteiger partial charge in [-0.3, -0.25) is 0 Å². The average Bonchev–Trinajstić information content (AvgIpc) is 2.22. The molecule has 3 heteroatoms. The molecule has 0 aliphatic heterocycles. The Bertz CT molecular complexity index is 296. The lowest BCUT2D eigenvalue weighted by molar-refractivity contribution is 0.112. The molecule has 0 aliphatic carbocycles. The molecule has 0 N–H and O–H groups in total. The second-order valence-corrected chi connectivity index (χ2v) is 10.4. The number of rotatable bonds is 7. The van der Waals surface area contributed by atoms with Crippen molar-refractivity contribution < 1.29 is 4.43 Å². The molecular weight excluding hydrogens is 339 g/mol. The van der Waals surface area contributed by atoms with Crippen LogP contribution in [0.4, 0.5) is 0 Å². The quantitative estimate of drug-likeness (QED) is 0.346. The Morgan fingerprint density at radius 2 is 2.00 bits per heavy atom. The molecule has 98 valence electrons. The van der Waals surface area contributed by atoms with Gasteiger partial charge < -0.3 is 4.43 Å². The van der Waals surface area contributed by atoms with Crippen LogP contribution in [0.3, 0.4) is 0 Å². The Morgan fingerprint density at radius 3 is 2.41 bits per heavy atom. The highest BCUT2D eigenvalue weighted by Crippen LogP contribution is 2.28. The topological polar surface area (TPSA) is 9.23 Å². The second kappa shape index (κ2) is 8.33. The molecule has 1 unspecified atom stereocenters. The van der Waals surface area contributed by atoms with E-state index < -0.39 is 8.32 Å². The summed E-state index contributed by atoms with van der Waals surface area (Å²) in [7, 11) is -1.57. The lowest BCUT2D eigenvalue weighted by Crippen LogP contribution is -2.41. The minimum atomic E-state index is -1.57. The summed E-state index contributed by atoms with van der Waals surface area (Å²) in [4.78, 5) is 0. The molecule has 0 rings (SSSR count). The molecule has 0 bridgehead atoms. The maximum absolute atomic E-state index is 6.38. The highest BCUT2D eigenvalue weighted by Gasteiger charge is 2.32. The third-order valence-corrected chi connectivity index (χ3v) is 3.84. The molecule has 1 atom stereocenters. The van der Waals surface area contributed by atoms with E-state index in [4.69, 9.17) is 4.43 Å².